The molecule has 2 atom stereocenters. The van der Waals surface area contributed by atoms with E-state index in [9.17, 15) is 4.79 Å². The molecular formula is C21H22N4O2S2. The van der Waals surface area contributed by atoms with E-state index in [1.54, 1.807) is 28.9 Å². The van der Waals surface area contributed by atoms with Crippen LogP contribution >= 0.6 is 22.7 Å². The van der Waals surface area contributed by atoms with Crippen molar-refractivity contribution >= 4 is 28.6 Å². The number of carbonyl (C=O) groups is 1. The first-order valence-electron chi connectivity index (χ1n) is 9.83. The Morgan fingerprint density at radius 3 is 2.66 bits per heavy atom. The van der Waals surface area contributed by atoms with Crippen molar-refractivity contribution in [1.29, 1.82) is 0 Å². The molecule has 8 heteroatoms. The van der Waals surface area contributed by atoms with Gasteiger partial charge in [-0.1, -0.05) is 0 Å². The standard InChI is InChI=1S/C21H22N4O2S2/c1-12-20(29-13(2)23-12)18-11-28-19(24-18)7-15-4-3-14(8-22-15)21(26)25-9-16-5-6-17(10-25)27-16/h3-4,8,11,16-17H,5-7,9-10H2,1-2H3/t16-,17+. The highest BCUT2D eigenvalue weighted by atomic mass is 32.1. The molecule has 29 heavy (non-hydrogen) atoms. The number of likely N-dealkylation sites (tertiary alicyclic amines) is 1. The van der Waals surface area contributed by atoms with E-state index in [-0.39, 0.29) is 18.1 Å². The van der Waals surface area contributed by atoms with Crippen LogP contribution in [0, 0.1) is 13.8 Å². The Balaban J connectivity index is 1.26. The van der Waals surface area contributed by atoms with Crippen LogP contribution in [0.5, 0.6) is 0 Å². The van der Waals surface area contributed by atoms with Crippen molar-refractivity contribution in [2.75, 3.05) is 13.1 Å². The minimum atomic E-state index is 0.0526. The lowest BCUT2D eigenvalue weighted by Crippen LogP contribution is -2.45. The molecule has 6 nitrogen and oxygen atoms in total. The first kappa shape index (κ1) is 18.8. The minimum absolute atomic E-state index is 0.0526. The predicted molar refractivity (Wildman–Crippen MR) is 114 cm³/mol. The third-order valence-electron chi connectivity index (χ3n) is 5.42. The van der Waals surface area contributed by atoms with Crippen molar-refractivity contribution in [2.24, 2.45) is 0 Å². The van der Waals surface area contributed by atoms with E-state index < -0.39 is 0 Å². The van der Waals surface area contributed by atoms with Gasteiger partial charge in [-0.2, -0.15) is 0 Å². The molecule has 0 saturated carbocycles. The third kappa shape index (κ3) is 3.84. The molecule has 5 heterocycles. The van der Waals surface area contributed by atoms with E-state index in [1.165, 1.54) is 0 Å². The number of pyridine rings is 1. The predicted octanol–water partition coefficient (Wildman–Crippen LogP) is 3.87. The van der Waals surface area contributed by atoms with E-state index in [0.717, 1.165) is 44.8 Å². The second kappa shape index (κ2) is 7.59. The summed E-state index contributed by atoms with van der Waals surface area (Å²) >= 11 is 3.31. The van der Waals surface area contributed by atoms with Gasteiger partial charge in [-0.15, -0.1) is 22.7 Å². The van der Waals surface area contributed by atoms with Crippen LogP contribution in [0.3, 0.4) is 0 Å². The molecule has 0 aliphatic carbocycles. The fourth-order valence-electron chi connectivity index (χ4n) is 4.04. The number of carbonyl (C=O) groups excluding carboxylic acids is 1. The van der Waals surface area contributed by atoms with Gasteiger partial charge in [-0.25, -0.2) is 9.97 Å². The molecule has 3 aromatic rings. The zero-order chi connectivity index (χ0) is 20.0. The lowest BCUT2D eigenvalue weighted by atomic mass is 10.2. The Hall–Kier alpha value is -2.16. The summed E-state index contributed by atoms with van der Waals surface area (Å²) in [5.41, 5.74) is 3.58. The maximum atomic E-state index is 12.8. The van der Waals surface area contributed by atoms with Crippen LogP contribution in [0.1, 0.15) is 44.6 Å². The molecule has 0 aromatic carbocycles. The molecule has 3 aromatic heterocycles. The van der Waals surface area contributed by atoms with E-state index in [1.807, 2.05) is 30.9 Å². The molecule has 2 aliphatic rings. The Bertz CT molecular complexity index is 1030. The van der Waals surface area contributed by atoms with Crippen LogP contribution in [0.4, 0.5) is 0 Å². The van der Waals surface area contributed by atoms with Crippen LogP contribution in [-0.4, -0.2) is 51.1 Å². The van der Waals surface area contributed by atoms with Crippen LogP contribution in [0.15, 0.2) is 23.7 Å². The molecule has 2 fully saturated rings. The molecule has 1 amide bonds. The number of amides is 1. The highest BCUT2D eigenvalue weighted by molar-refractivity contribution is 7.15. The first-order valence-corrected chi connectivity index (χ1v) is 11.5. The van der Waals surface area contributed by atoms with Gasteiger partial charge in [0.1, 0.15) is 0 Å². The number of aromatic nitrogens is 3. The van der Waals surface area contributed by atoms with Crippen molar-refractivity contribution in [3.63, 3.8) is 0 Å². The molecule has 150 valence electrons. The second-order valence-electron chi connectivity index (χ2n) is 7.66. The van der Waals surface area contributed by atoms with Crippen LogP contribution < -0.4 is 0 Å². The zero-order valence-corrected chi connectivity index (χ0v) is 18.1. The Labute approximate surface area is 177 Å². The number of thiazole rings is 2. The number of ether oxygens (including phenoxy) is 1. The third-order valence-corrected chi connectivity index (χ3v) is 7.37. The van der Waals surface area contributed by atoms with Gasteiger partial charge in [-0.05, 0) is 38.8 Å². The lowest BCUT2D eigenvalue weighted by Gasteiger charge is -2.32. The molecule has 0 spiro atoms. The number of fused-ring (bicyclic) bond motifs is 2. The summed E-state index contributed by atoms with van der Waals surface area (Å²) in [4.78, 5) is 29.6. The monoisotopic (exact) mass is 426 g/mol. The number of hydrogen-bond acceptors (Lipinski definition) is 7. The average Bonchev–Trinajstić information content (AvgIpc) is 3.40. The Kier molecular flexibility index (Phi) is 4.93. The summed E-state index contributed by atoms with van der Waals surface area (Å²) in [5, 5.41) is 4.16. The average molecular weight is 427 g/mol. The molecule has 2 saturated heterocycles. The van der Waals surface area contributed by atoms with Crippen molar-refractivity contribution in [2.45, 2.75) is 45.3 Å². The van der Waals surface area contributed by atoms with Gasteiger partial charge in [0.05, 0.1) is 44.1 Å². The van der Waals surface area contributed by atoms with Gasteiger partial charge >= 0.3 is 0 Å². The van der Waals surface area contributed by atoms with Crippen molar-refractivity contribution in [1.82, 2.24) is 19.9 Å². The molecule has 0 unspecified atom stereocenters. The zero-order valence-electron chi connectivity index (χ0n) is 16.4. The Morgan fingerprint density at radius 2 is 2.00 bits per heavy atom. The van der Waals surface area contributed by atoms with Crippen LogP contribution in [0.25, 0.3) is 10.6 Å². The number of rotatable bonds is 4. The molecule has 0 radical (unpaired) electrons. The molecular weight excluding hydrogens is 404 g/mol. The smallest absolute Gasteiger partial charge is 0.255 e. The van der Waals surface area contributed by atoms with Gasteiger partial charge in [0.25, 0.3) is 5.91 Å². The van der Waals surface area contributed by atoms with Crippen molar-refractivity contribution in [3.8, 4) is 10.6 Å². The van der Waals surface area contributed by atoms with Crippen molar-refractivity contribution < 1.29 is 9.53 Å². The van der Waals surface area contributed by atoms with E-state index in [0.29, 0.717) is 25.1 Å². The highest BCUT2D eigenvalue weighted by Crippen LogP contribution is 2.31. The van der Waals surface area contributed by atoms with E-state index in [2.05, 4.69) is 15.3 Å². The summed E-state index contributed by atoms with van der Waals surface area (Å²) < 4.78 is 5.82. The highest BCUT2D eigenvalue weighted by Gasteiger charge is 2.36. The number of aryl methyl sites for hydroxylation is 2. The fraction of sp³-hybridized carbons (Fsp3) is 0.429. The molecule has 2 bridgehead atoms. The van der Waals surface area contributed by atoms with E-state index in [4.69, 9.17) is 9.72 Å². The summed E-state index contributed by atoms with van der Waals surface area (Å²) in [6, 6.07) is 3.82. The maximum Gasteiger partial charge on any atom is 0.255 e. The molecule has 5 rings (SSSR count). The SMILES string of the molecule is Cc1nc(C)c(-c2csc(Cc3ccc(C(=O)N4C[C@H]5CC[C@@H](C4)O5)cn3)n2)s1. The maximum absolute atomic E-state index is 12.8. The fourth-order valence-corrected chi connectivity index (χ4v) is 5.79. The van der Waals surface area contributed by atoms with Gasteiger partial charge in [0.2, 0.25) is 0 Å². The Morgan fingerprint density at radius 1 is 1.21 bits per heavy atom. The quantitative estimate of drug-likeness (QED) is 0.633. The first-order chi connectivity index (χ1) is 14.0. The minimum Gasteiger partial charge on any atom is -0.371 e. The van der Waals surface area contributed by atoms with Gasteiger partial charge in [-0.3, -0.25) is 9.78 Å². The summed E-state index contributed by atoms with van der Waals surface area (Å²) in [6.07, 6.45) is 4.88. The van der Waals surface area contributed by atoms with Crippen molar-refractivity contribution in [3.05, 3.63) is 50.7 Å². The van der Waals surface area contributed by atoms with E-state index >= 15 is 0 Å². The van der Waals surface area contributed by atoms with Crippen LogP contribution in [-0.2, 0) is 11.2 Å². The normalized spacial score (nSPS) is 21.0. The van der Waals surface area contributed by atoms with Gasteiger partial charge < -0.3 is 9.64 Å². The second-order valence-corrected chi connectivity index (χ2v) is 9.80. The number of hydrogen-bond donors (Lipinski definition) is 0. The summed E-state index contributed by atoms with van der Waals surface area (Å²) in [6.45, 7) is 5.42. The molecule has 0 N–H and O–H groups in total. The lowest BCUT2D eigenvalue weighted by molar-refractivity contribution is -0.0303. The summed E-state index contributed by atoms with van der Waals surface area (Å²) in [7, 11) is 0. The number of morpholine rings is 1. The largest absolute Gasteiger partial charge is 0.371 e. The number of nitrogens with zero attached hydrogens (tertiary/aromatic N) is 4. The van der Waals surface area contributed by atoms with Gasteiger partial charge in [0, 0.05) is 36.8 Å². The van der Waals surface area contributed by atoms with Gasteiger partial charge in [0.15, 0.2) is 0 Å². The molecule has 2 aliphatic heterocycles. The van der Waals surface area contributed by atoms with Crippen LogP contribution in [0.2, 0.25) is 0 Å². The topological polar surface area (TPSA) is 68.2 Å². The summed E-state index contributed by atoms with van der Waals surface area (Å²) in [5.74, 6) is 0.0526.